The predicted octanol–water partition coefficient (Wildman–Crippen LogP) is 24.8. The number of carbonyl (C=O) groups is 2. The Hall–Kier alpha value is -2.18. The van der Waals surface area contributed by atoms with Gasteiger partial charge in [-0.15, -0.1) is 0 Å². The lowest BCUT2D eigenvalue weighted by Crippen LogP contribution is -2.45. The highest BCUT2D eigenvalue weighted by atomic mass is 16.5. The van der Waals surface area contributed by atoms with Crippen molar-refractivity contribution in [2.75, 3.05) is 13.2 Å². The fourth-order valence-electron chi connectivity index (χ4n) is 11.8. The molecule has 494 valence electrons. The highest BCUT2D eigenvalue weighted by Gasteiger charge is 2.18. The quantitative estimate of drug-likeness (QED) is 0.0320. The van der Waals surface area contributed by atoms with Crippen molar-refractivity contribution < 1.29 is 24.5 Å². The molecule has 0 rings (SSSR count). The fraction of sp³-hybridized carbons (Fsp3) is 0.872. The lowest BCUT2D eigenvalue weighted by atomic mass is 10.0. The number of unbranched alkanes of at least 4 members (excludes halogenated alkanes) is 54. The van der Waals surface area contributed by atoms with Crippen LogP contribution in [0.15, 0.2) is 48.6 Å². The van der Waals surface area contributed by atoms with Crippen LogP contribution in [0.25, 0.3) is 0 Å². The van der Waals surface area contributed by atoms with Gasteiger partial charge in [0.05, 0.1) is 25.4 Å². The van der Waals surface area contributed by atoms with Gasteiger partial charge in [0.25, 0.3) is 0 Å². The summed E-state index contributed by atoms with van der Waals surface area (Å²) < 4.78 is 5.51. The van der Waals surface area contributed by atoms with Crippen LogP contribution in [0.1, 0.15) is 412 Å². The van der Waals surface area contributed by atoms with Crippen LogP contribution in [0.3, 0.4) is 0 Å². The molecule has 2 unspecified atom stereocenters. The van der Waals surface area contributed by atoms with Crippen LogP contribution in [-0.2, 0) is 14.3 Å². The molecular formula is C78H147NO5. The molecular weight excluding hydrogens is 1030 g/mol. The molecule has 0 fully saturated rings. The summed E-state index contributed by atoms with van der Waals surface area (Å²) in [7, 11) is 0. The summed E-state index contributed by atoms with van der Waals surface area (Å²) in [5.41, 5.74) is 0. The second-order valence-corrected chi connectivity index (χ2v) is 26.0. The molecule has 3 N–H and O–H groups in total. The molecule has 0 aromatic rings. The SMILES string of the molecule is CCCCCCCC/C=C\CCCCCCCCCC(=O)OCCCCCCCCCCCCCCCCC/C=C\C/C=C\CCCCCCCCCCCCCCCCCCCC(=O)NC(CO)C(O)/C=C/CCCCCCCCCCC. The van der Waals surface area contributed by atoms with Crippen LogP contribution in [0, 0.1) is 0 Å². The van der Waals surface area contributed by atoms with E-state index in [0.717, 1.165) is 51.4 Å². The molecule has 0 aliphatic rings. The summed E-state index contributed by atoms with van der Waals surface area (Å²) >= 11 is 0. The number of amides is 1. The lowest BCUT2D eigenvalue weighted by Gasteiger charge is -2.20. The van der Waals surface area contributed by atoms with Crippen molar-refractivity contribution in [1.29, 1.82) is 0 Å². The van der Waals surface area contributed by atoms with E-state index < -0.39 is 12.1 Å². The summed E-state index contributed by atoms with van der Waals surface area (Å²) in [5.74, 6) is -0.0478. The molecule has 0 aliphatic heterocycles. The third-order valence-corrected chi connectivity index (χ3v) is 17.6. The zero-order chi connectivity index (χ0) is 60.6. The summed E-state index contributed by atoms with van der Waals surface area (Å²) in [6.45, 7) is 4.91. The van der Waals surface area contributed by atoms with Crippen molar-refractivity contribution in [2.24, 2.45) is 0 Å². The molecule has 1 amide bonds. The van der Waals surface area contributed by atoms with Gasteiger partial charge in [-0.2, -0.15) is 0 Å². The molecule has 6 nitrogen and oxygen atoms in total. The molecule has 0 saturated heterocycles. The summed E-state index contributed by atoms with van der Waals surface area (Å²) in [5, 5.41) is 23.1. The van der Waals surface area contributed by atoms with E-state index in [2.05, 4.69) is 55.6 Å². The van der Waals surface area contributed by atoms with Gasteiger partial charge in [0, 0.05) is 12.8 Å². The number of allylic oxidation sites excluding steroid dienone is 7. The Kier molecular flexibility index (Phi) is 71.4. The molecule has 2 atom stereocenters. The Morgan fingerprint density at radius 2 is 0.595 bits per heavy atom. The monoisotopic (exact) mass is 1180 g/mol. The van der Waals surface area contributed by atoms with Crippen LogP contribution in [0.4, 0.5) is 0 Å². The average molecular weight is 1180 g/mol. The van der Waals surface area contributed by atoms with Crippen LogP contribution >= 0.6 is 0 Å². The van der Waals surface area contributed by atoms with Gasteiger partial charge < -0.3 is 20.3 Å². The summed E-state index contributed by atoms with van der Waals surface area (Å²) in [6.07, 6.45) is 96.6. The van der Waals surface area contributed by atoms with Crippen LogP contribution < -0.4 is 5.32 Å². The van der Waals surface area contributed by atoms with E-state index in [9.17, 15) is 19.8 Å². The summed E-state index contributed by atoms with van der Waals surface area (Å²) in [4.78, 5) is 24.5. The van der Waals surface area contributed by atoms with Gasteiger partial charge in [0.15, 0.2) is 0 Å². The van der Waals surface area contributed by atoms with Crippen molar-refractivity contribution in [3.05, 3.63) is 48.6 Å². The average Bonchev–Trinajstić information content (AvgIpc) is 3.53. The first-order valence-corrected chi connectivity index (χ1v) is 37.9. The zero-order valence-electron chi connectivity index (χ0n) is 56.6. The highest BCUT2D eigenvalue weighted by Crippen LogP contribution is 2.19. The number of aliphatic hydroxyl groups is 2. The molecule has 0 heterocycles. The number of hydrogen-bond acceptors (Lipinski definition) is 5. The zero-order valence-corrected chi connectivity index (χ0v) is 56.6. The van der Waals surface area contributed by atoms with E-state index in [0.29, 0.717) is 19.4 Å². The third-order valence-electron chi connectivity index (χ3n) is 17.6. The van der Waals surface area contributed by atoms with Crippen LogP contribution in [0.5, 0.6) is 0 Å². The van der Waals surface area contributed by atoms with Gasteiger partial charge in [0.1, 0.15) is 0 Å². The Balaban J connectivity index is 3.34. The predicted molar refractivity (Wildman–Crippen MR) is 370 cm³/mol. The fourth-order valence-corrected chi connectivity index (χ4v) is 11.8. The van der Waals surface area contributed by atoms with Gasteiger partial charge in [-0.05, 0) is 89.9 Å². The minimum atomic E-state index is -0.841. The van der Waals surface area contributed by atoms with E-state index >= 15 is 0 Å². The summed E-state index contributed by atoms with van der Waals surface area (Å²) in [6, 6.07) is -0.624. The molecule has 0 saturated carbocycles. The largest absolute Gasteiger partial charge is 0.466 e. The standard InChI is InChI=1S/C78H147NO5/c1-3-5-7-9-11-13-15-16-17-41-45-48-52-56-60-64-68-72-78(83)84-73-69-65-61-57-53-49-46-43-40-38-36-34-32-30-28-26-24-22-20-18-19-21-23-25-27-29-31-33-35-37-39-42-44-47-51-55-59-63-67-71-77(82)79-75(74-80)76(81)70-66-62-58-54-50-14-12-10-8-6-4-2/h16-19,22,24,66,70,75-76,80-81H,3-15,20-21,23,25-65,67-69,71-74H2,1-2H3,(H,79,82)/b17-16-,19-18-,24-22-,70-66+. The number of nitrogens with one attached hydrogen (secondary N) is 1. The first-order chi connectivity index (χ1) is 41.5. The van der Waals surface area contributed by atoms with Gasteiger partial charge in [-0.3, -0.25) is 9.59 Å². The topological polar surface area (TPSA) is 95.9 Å². The number of esters is 1. The number of rotatable bonds is 71. The van der Waals surface area contributed by atoms with Gasteiger partial charge in [-0.25, -0.2) is 0 Å². The van der Waals surface area contributed by atoms with E-state index in [1.807, 2.05) is 6.08 Å². The number of hydrogen-bond donors (Lipinski definition) is 3. The number of ether oxygens (including phenoxy) is 1. The molecule has 0 aromatic heterocycles. The molecule has 84 heavy (non-hydrogen) atoms. The first-order valence-electron chi connectivity index (χ1n) is 37.9. The molecule has 0 spiro atoms. The number of carbonyl (C=O) groups excluding carboxylic acids is 2. The van der Waals surface area contributed by atoms with E-state index in [4.69, 9.17) is 4.74 Å². The Morgan fingerprint density at radius 3 is 0.917 bits per heavy atom. The first kappa shape index (κ1) is 81.8. The molecule has 0 bridgehead atoms. The highest BCUT2D eigenvalue weighted by molar-refractivity contribution is 5.76. The van der Waals surface area contributed by atoms with Crippen molar-refractivity contribution >= 4 is 11.9 Å². The van der Waals surface area contributed by atoms with Gasteiger partial charge >= 0.3 is 5.97 Å². The Bertz CT molecular complexity index is 1400. The normalized spacial score (nSPS) is 12.8. The van der Waals surface area contributed by atoms with Crippen LogP contribution in [0.2, 0.25) is 0 Å². The second-order valence-electron chi connectivity index (χ2n) is 26.0. The van der Waals surface area contributed by atoms with Gasteiger partial charge in [-0.1, -0.05) is 358 Å². The van der Waals surface area contributed by atoms with E-state index in [1.165, 1.54) is 334 Å². The van der Waals surface area contributed by atoms with Crippen molar-refractivity contribution in [3.8, 4) is 0 Å². The maximum Gasteiger partial charge on any atom is 0.305 e. The minimum Gasteiger partial charge on any atom is -0.466 e. The smallest absolute Gasteiger partial charge is 0.305 e. The lowest BCUT2D eigenvalue weighted by molar-refractivity contribution is -0.143. The molecule has 0 aromatic carbocycles. The van der Waals surface area contributed by atoms with Crippen molar-refractivity contribution in [2.45, 2.75) is 424 Å². The van der Waals surface area contributed by atoms with Gasteiger partial charge in [0.2, 0.25) is 5.91 Å². The van der Waals surface area contributed by atoms with Crippen molar-refractivity contribution in [1.82, 2.24) is 5.32 Å². The molecule has 0 aliphatic carbocycles. The van der Waals surface area contributed by atoms with E-state index in [1.54, 1.807) is 6.08 Å². The second kappa shape index (κ2) is 73.3. The van der Waals surface area contributed by atoms with E-state index in [-0.39, 0.29) is 18.5 Å². The maximum absolute atomic E-state index is 12.4. The minimum absolute atomic E-state index is 0.0171. The third kappa shape index (κ3) is 68.9. The molecule has 0 radical (unpaired) electrons. The van der Waals surface area contributed by atoms with Crippen LogP contribution in [-0.4, -0.2) is 47.4 Å². The maximum atomic E-state index is 12.4. The number of aliphatic hydroxyl groups excluding tert-OH is 2. The van der Waals surface area contributed by atoms with Crippen molar-refractivity contribution in [3.63, 3.8) is 0 Å². The Morgan fingerprint density at radius 1 is 0.333 bits per heavy atom. The molecule has 6 heteroatoms. The Labute approximate surface area is 525 Å².